The van der Waals surface area contributed by atoms with E-state index in [2.05, 4.69) is 28.2 Å². The molecule has 4 nitrogen and oxygen atoms in total. The lowest BCUT2D eigenvalue weighted by atomic mass is 10.2. The summed E-state index contributed by atoms with van der Waals surface area (Å²) in [5.74, 6) is -0.305. The Morgan fingerprint density at radius 3 is 2.69 bits per heavy atom. The molecule has 2 heterocycles. The zero-order chi connectivity index (χ0) is 20.2. The van der Waals surface area contributed by atoms with E-state index in [9.17, 15) is 4.79 Å². The van der Waals surface area contributed by atoms with E-state index in [0.717, 1.165) is 31.2 Å². The van der Waals surface area contributed by atoms with E-state index in [1.807, 2.05) is 43.3 Å². The van der Waals surface area contributed by atoms with Gasteiger partial charge in [-0.25, -0.2) is 9.97 Å². The summed E-state index contributed by atoms with van der Waals surface area (Å²) < 4.78 is 5.44. The standard InChI is InChI=1S/C22H17ClN2O2S2/c1-14(22(26)27-12-16-9-5-6-10-18(16)23)28-20-17-11-19(15-7-3-2-4-8-15)29-21(17)25-13-24-20/h2-11,13-14H,12H2,1H3. The largest absolute Gasteiger partial charge is 0.460 e. The van der Waals surface area contributed by atoms with E-state index in [4.69, 9.17) is 16.3 Å². The summed E-state index contributed by atoms with van der Waals surface area (Å²) in [6.07, 6.45) is 1.54. The molecule has 1 atom stereocenters. The lowest BCUT2D eigenvalue weighted by Crippen LogP contribution is -2.17. The monoisotopic (exact) mass is 440 g/mol. The van der Waals surface area contributed by atoms with Crippen molar-refractivity contribution in [2.75, 3.05) is 0 Å². The fourth-order valence-electron chi connectivity index (χ4n) is 2.77. The molecule has 0 amide bonds. The summed E-state index contributed by atoms with van der Waals surface area (Å²) >= 11 is 9.11. The molecule has 0 saturated carbocycles. The number of halogens is 1. The van der Waals surface area contributed by atoms with Crippen LogP contribution in [0.1, 0.15) is 12.5 Å². The average molecular weight is 441 g/mol. The van der Waals surface area contributed by atoms with Gasteiger partial charge in [0.1, 0.15) is 28.0 Å². The molecule has 4 rings (SSSR count). The highest BCUT2D eigenvalue weighted by Crippen LogP contribution is 2.37. The van der Waals surface area contributed by atoms with Crippen LogP contribution in [0, 0.1) is 0 Å². The zero-order valence-electron chi connectivity index (χ0n) is 15.5. The first-order chi connectivity index (χ1) is 14.1. The SMILES string of the molecule is CC(Sc1ncnc2sc(-c3ccccc3)cc12)C(=O)OCc1ccccc1Cl. The molecule has 4 aromatic rings. The highest BCUT2D eigenvalue weighted by atomic mass is 35.5. The number of thiophene rings is 1. The van der Waals surface area contributed by atoms with E-state index in [1.165, 1.54) is 18.1 Å². The molecule has 0 radical (unpaired) electrons. The van der Waals surface area contributed by atoms with Crippen LogP contribution in [0.15, 0.2) is 72.0 Å². The van der Waals surface area contributed by atoms with Crippen molar-refractivity contribution in [3.05, 3.63) is 77.6 Å². The van der Waals surface area contributed by atoms with Crippen molar-refractivity contribution in [1.82, 2.24) is 9.97 Å². The van der Waals surface area contributed by atoms with Crippen LogP contribution in [0.2, 0.25) is 5.02 Å². The van der Waals surface area contributed by atoms with Gasteiger partial charge in [-0.1, -0.05) is 71.9 Å². The van der Waals surface area contributed by atoms with Crippen LogP contribution in [0.5, 0.6) is 0 Å². The maximum Gasteiger partial charge on any atom is 0.319 e. The van der Waals surface area contributed by atoms with Crippen molar-refractivity contribution in [1.29, 1.82) is 0 Å². The number of rotatable bonds is 6. The molecule has 0 N–H and O–H groups in total. The van der Waals surface area contributed by atoms with Crippen LogP contribution < -0.4 is 0 Å². The molecule has 0 aliphatic carbocycles. The van der Waals surface area contributed by atoms with Gasteiger partial charge in [0.15, 0.2) is 0 Å². The molecule has 29 heavy (non-hydrogen) atoms. The number of aromatic nitrogens is 2. The van der Waals surface area contributed by atoms with Gasteiger partial charge in [-0.3, -0.25) is 4.79 Å². The second-order valence-electron chi connectivity index (χ2n) is 6.33. The summed E-state index contributed by atoms with van der Waals surface area (Å²) in [5.41, 5.74) is 1.92. The molecule has 1 unspecified atom stereocenters. The van der Waals surface area contributed by atoms with Crippen LogP contribution in [0.25, 0.3) is 20.7 Å². The van der Waals surface area contributed by atoms with Crippen molar-refractivity contribution < 1.29 is 9.53 Å². The molecular formula is C22H17ClN2O2S2. The third-order valence-corrected chi connectivity index (χ3v) is 6.85. The third kappa shape index (κ3) is 4.61. The molecule has 0 aliphatic heterocycles. The Morgan fingerprint density at radius 2 is 1.90 bits per heavy atom. The van der Waals surface area contributed by atoms with Gasteiger partial charge < -0.3 is 4.74 Å². The smallest absolute Gasteiger partial charge is 0.319 e. The molecule has 0 bridgehead atoms. The summed E-state index contributed by atoms with van der Waals surface area (Å²) in [5, 5.41) is 1.91. The number of esters is 1. The second kappa shape index (κ2) is 8.95. The number of ether oxygens (including phenoxy) is 1. The van der Waals surface area contributed by atoms with Crippen LogP contribution in [0.3, 0.4) is 0 Å². The van der Waals surface area contributed by atoms with Crippen molar-refractivity contribution in [2.45, 2.75) is 23.8 Å². The fourth-order valence-corrected chi connectivity index (χ4v) is 4.92. The summed E-state index contributed by atoms with van der Waals surface area (Å²) in [4.78, 5) is 23.3. The quantitative estimate of drug-likeness (QED) is 0.202. The number of carbonyl (C=O) groups excluding carboxylic acids is 1. The fraction of sp³-hybridized carbons (Fsp3) is 0.136. The topological polar surface area (TPSA) is 52.1 Å². The predicted molar refractivity (Wildman–Crippen MR) is 119 cm³/mol. The number of thioether (sulfide) groups is 1. The normalized spacial score (nSPS) is 12.1. The average Bonchev–Trinajstić information content (AvgIpc) is 3.19. The van der Waals surface area contributed by atoms with Gasteiger partial charge in [0.05, 0.1) is 0 Å². The van der Waals surface area contributed by atoms with Gasteiger partial charge in [0.2, 0.25) is 0 Å². The minimum Gasteiger partial charge on any atom is -0.460 e. The highest BCUT2D eigenvalue weighted by molar-refractivity contribution is 8.00. The number of hydrogen-bond acceptors (Lipinski definition) is 6. The van der Waals surface area contributed by atoms with Crippen molar-refractivity contribution in [3.63, 3.8) is 0 Å². The van der Waals surface area contributed by atoms with E-state index in [-0.39, 0.29) is 12.6 Å². The van der Waals surface area contributed by atoms with Gasteiger partial charge in [0.25, 0.3) is 0 Å². The maximum absolute atomic E-state index is 12.5. The Hall–Kier alpha value is -2.41. The van der Waals surface area contributed by atoms with Crippen LogP contribution in [-0.2, 0) is 16.1 Å². The first-order valence-electron chi connectivity index (χ1n) is 8.98. The Kier molecular flexibility index (Phi) is 6.13. The number of carbonyl (C=O) groups is 1. The summed E-state index contributed by atoms with van der Waals surface area (Å²) in [7, 11) is 0. The lowest BCUT2D eigenvalue weighted by Gasteiger charge is -2.11. The minimum absolute atomic E-state index is 0.152. The molecule has 146 valence electrons. The first-order valence-corrected chi connectivity index (χ1v) is 11.1. The molecule has 0 aliphatic rings. The van der Waals surface area contributed by atoms with Crippen LogP contribution in [-0.4, -0.2) is 21.2 Å². The third-order valence-electron chi connectivity index (χ3n) is 4.30. The van der Waals surface area contributed by atoms with Gasteiger partial charge in [-0.15, -0.1) is 11.3 Å². The molecule has 7 heteroatoms. The Morgan fingerprint density at radius 1 is 1.14 bits per heavy atom. The number of benzene rings is 2. The van der Waals surface area contributed by atoms with Gasteiger partial charge >= 0.3 is 5.97 Å². The van der Waals surface area contributed by atoms with Crippen molar-refractivity contribution >= 4 is 50.9 Å². The minimum atomic E-state index is -0.407. The van der Waals surface area contributed by atoms with Crippen LogP contribution >= 0.6 is 34.7 Å². The van der Waals surface area contributed by atoms with Crippen molar-refractivity contribution in [3.8, 4) is 10.4 Å². The van der Waals surface area contributed by atoms with E-state index < -0.39 is 5.25 Å². The summed E-state index contributed by atoms with van der Waals surface area (Å²) in [6.45, 7) is 1.97. The lowest BCUT2D eigenvalue weighted by molar-refractivity contribution is -0.143. The molecule has 0 fully saturated rings. The highest BCUT2D eigenvalue weighted by Gasteiger charge is 2.20. The molecule has 0 saturated heterocycles. The Labute approximate surface area is 181 Å². The molecule has 0 spiro atoms. The van der Waals surface area contributed by atoms with Crippen LogP contribution in [0.4, 0.5) is 0 Å². The maximum atomic E-state index is 12.5. The first kappa shape index (κ1) is 19.9. The van der Waals surface area contributed by atoms with E-state index >= 15 is 0 Å². The number of nitrogens with zero attached hydrogens (tertiary/aromatic N) is 2. The van der Waals surface area contributed by atoms with Gasteiger partial charge in [0, 0.05) is 20.8 Å². The number of fused-ring (bicyclic) bond motifs is 1. The Balaban J connectivity index is 1.49. The number of hydrogen-bond donors (Lipinski definition) is 0. The second-order valence-corrected chi connectivity index (χ2v) is 9.10. The van der Waals surface area contributed by atoms with E-state index in [1.54, 1.807) is 17.4 Å². The van der Waals surface area contributed by atoms with E-state index in [0.29, 0.717) is 5.02 Å². The van der Waals surface area contributed by atoms with Gasteiger partial charge in [-0.05, 0) is 24.6 Å². The zero-order valence-corrected chi connectivity index (χ0v) is 17.9. The molecular weight excluding hydrogens is 424 g/mol. The van der Waals surface area contributed by atoms with Gasteiger partial charge in [-0.2, -0.15) is 0 Å². The molecule has 2 aromatic carbocycles. The predicted octanol–water partition coefficient (Wildman–Crippen LogP) is 6.24. The Bertz CT molecular complexity index is 1150. The summed E-state index contributed by atoms with van der Waals surface area (Å²) in [6, 6.07) is 19.6. The molecule has 2 aromatic heterocycles. The van der Waals surface area contributed by atoms with Crippen molar-refractivity contribution in [2.24, 2.45) is 0 Å².